The summed E-state index contributed by atoms with van der Waals surface area (Å²) in [6.45, 7) is 5.57. The highest BCUT2D eigenvalue weighted by molar-refractivity contribution is 7.47. The molecule has 0 aliphatic carbocycles. The Morgan fingerprint density at radius 1 is 0.509 bits per heavy atom. The van der Waals surface area contributed by atoms with Crippen molar-refractivity contribution in [2.45, 2.75) is 326 Å². The van der Waals surface area contributed by atoms with Crippen LogP contribution in [0.4, 0.5) is 0 Å². The van der Waals surface area contributed by atoms with Gasteiger partial charge in [0.05, 0.1) is 65.6 Å². The Morgan fingerprint density at radius 3 is 1.53 bits per heavy atom. The highest BCUT2D eigenvalue weighted by Crippen LogP contribution is 2.43. The molecule has 0 aromatic carbocycles. The second kappa shape index (κ2) is 68.5. The number of carbonyl (C=O) groups is 10. The number of aliphatic hydroxyl groups excluding tert-OH is 2. The lowest BCUT2D eigenvalue weighted by Crippen LogP contribution is -2.60. The van der Waals surface area contributed by atoms with E-state index in [4.69, 9.17) is 54.3 Å². The van der Waals surface area contributed by atoms with Crippen molar-refractivity contribution in [1.29, 1.82) is 5.41 Å². The molecule has 2 aliphatic rings. The van der Waals surface area contributed by atoms with Gasteiger partial charge in [-0.15, -0.1) is 0 Å². The summed E-state index contributed by atoms with van der Waals surface area (Å²) in [6, 6.07) is -5.76. The second-order valence-corrected chi connectivity index (χ2v) is 31.6. The van der Waals surface area contributed by atoms with Crippen molar-refractivity contribution < 1.29 is 110 Å². The molecule has 0 spiro atoms. The summed E-state index contributed by atoms with van der Waals surface area (Å²) in [6.07, 6.45) is 29.7. The summed E-state index contributed by atoms with van der Waals surface area (Å²) in [5.74, 6) is -6.14. The summed E-state index contributed by atoms with van der Waals surface area (Å²) in [7, 11) is -4.70. The van der Waals surface area contributed by atoms with Gasteiger partial charge in [0.15, 0.2) is 12.1 Å². The van der Waals surface area contributed by atoms with Crippen LogP contribution >= 0.6 is 7.82 Å². The number of nitrogens with zero attached hydrogens (tertiary/aromatic N) is 2. The zero-order chi connectivity index (χ0) is 85.2. The van der Waals surface area contributed by atoms with Crippen molar-refractivity contribution in [1.82, 2.24) is 47.0 Å². The molecule has 116 heavy (non-hydrogen) atoms. The van der Waals surface area contributed by atoms with E-state index in [-0.39, 0.29) is 175 Å². The first-order valence-corrected chi connectivity index (χ1v) is 44.8. The number of phosphoric ester groups is 1. The molecule has 35 nitrogen and oxygen atoms in total. The zero-order valence-electron chi connectivity index (χ0n) is 70.2. The van der Waals surface area contributed by atoms with E-state index >= 15 is 0 Å². The molecule has 36 heteroatoms. The summed E-state index contributed by atoms with van der Waals surface area (Å²) >= 11 is 0. The molecule has 0 radical (unpaired) electrons. The third kappa shape index (κ3) is 54.0. The van der Waals surface area contributed by atoms with Gasteiger partial charge in [0.2, 0.25) is 41.4 Å². The number of nitrogens with one attached hydrogen (secondary N) is 8. The van der Waals surface area contributed by atoms with Crippen molar-refractivity contribution in [3.63, 3.8) is 0 Å². The summed E-state index contributed by atoms with van der Waals surface area (Å²) in [5.41, 5.74) is 11.1. The van der Waals surface area contributed by atoms with Crippen molar-refractivity contribution in [2.24, 2.45) is 11.5 Å². The number of carboxylic acid groups (broad SMARTS) is 1. The number of rotatable bonds is 76. The van der Waals surface area contributed by atoms with E-state index in [1.54, 1.807) is 0 Å². The number of aliphatic carboxylic acids is 1. The number of phosphoric acid groups is 1. The minimum atomic E-state index is -4.70. The maximum Gasteiger partial charge on any atom is 0.472 e. The monoisotopic (exact) mass is 1680 g/mol. The second-order valence-electron chi connectivity index (χ2n) is 30.1. The first-order chi connectivity index (χ1) is 55.9. The molecule has 2 fully saturated rings. The van der Waals surface area contributed by atoms with Crippen molar-refractivity contribution in [3.8, 4) is 0 Å². The van der Waals surface area contributed by atoms with E-state index in [0.717, 1.165) is 38.5 Å². The SMILES string of the molecule is CCCCCCCCCCCCCCCC(=O)OCC(COP(=O)(O)OCCNC(=O)CCCC(=O)NCCOCCOCC(=O)NCCOCCOC[C@H](O)NC(C(=O)NC(CCCCN)C(=O)N1CCCC1C(=O)N1CCCC1C(=O)NC(CCCNC(=N)N)C(=O)O)C(C)O)OC(=O)CCCCCCCCCCCCCCC. The molecule has 2 saturated heterocycles. The number of unbranched alkanes of at least 4 members (excludes halogenated alkanes) is 25. The van der Waals surface area contributed by atoms with Gasteiger partial charge >= 0.3 is 25.7 Å². The van der Waals surface area contributed by atoms with Crippen LogP contribution in [0.15, 0.2) is 0 Å². The molecule has 16 N–H and O–H groups in total. The standard InChI is InChI=1S/C80H149N12O23P/c1-4-6-8-10-12-14-16-18-20-22-24-26-28-42-72(98)112-58-63(115-73(99)43-29-27-25-23-21-19-17-15-13-11-9-7-5-2)59-114-116(106,107)113-53-48-85-69(95)41-32-40-68(94)84-46-51-108-54-56-110-60-70(96)86-47-52-109-55-57-111-61-71(97)90-74(62(3)93)76(101)88-64(36-30-31-44-81)77(102)92-50-35-39-67(92)78(103)91-49-34-38-66(91)75(100)89-65(79(104)105)37-33-45-87-80(82)83/h62-67,71,74,90,93,97H,4-61,81H2,1-3H3,(H,84,94)(H,85,95)(H,86,96)(H,88,101)(H,89,100)(H,104,105)(H,106,107)(H4,82,83,87)/t62?,63?,64?,65?,66?,67?,71-,74?/m0/s1. The Hall–Kier alpha value is -6.24. The van der Waals surface area contributed by atoms with Gasteiger partial charge < -0.3 is 102 Å². The first-order valence-electron chi connectivity index (χ1n) is 43.4. The van der Waals surface area contributed by atoms with Crippen molar-refractivity contribution in [3.05, 3.63) is 0 Å². The van der Waals surface area contributed by atoms with Gasteiger partial charge in [-0.2, -0.15) is 0 Å². The summed E-state index contributed by atoms with van der Waals surface area (Å²) in [5, 5.41) is 56.9. The highest BCUT2D eigenvalue weighted by atomic mass is 31.2. The average molecular weight is 1680 g/mol. The van der Waals surface area contributed by atoms with E-state index in [0.29, 0.717) is 45.1 Å². The van der Waals surface area contributed by atoms with E-state index in [1.807, 2.05) is 0 Å². The lowest BCUT2D eigenvalue weighted by Gasteiger charge is -2.34. The van der Waals surface area contributed by atoms with Crippen LogP contribution in [0.25, 0.3) is 0 Å². The van der Waals surface area contributed by atoms with Crippen LogP contribution in [0.2, 0.25) is 0 Å². The zero-order valence-corrected chi connectivity index (χ0v) is 71.1. The number of carboxylic acids is 1. The molecular weight excluding hydrogens is 1530 g/mol. The largest absolute Gasteiger partial charge is 0.480 e. The minimum Gasteiger partial charge on any atom is -0.480 e. The molecule has 2 aliphatic heterocycles. The van der Waals surface area contributed by atoms with E-state index in [1.165, 1.54) is 132 Å². The molecule has 8 unspecified atom stereocenters. The van der Waals surface area contributed by atoms with Crippen LogP contribution < -0.4 is 48.7 Å². The van der Waals surface area contributed by atoms with E-state index < -0.39 is 123 Å². The fraction of sp³-hybridized carbons (Fsp3) is 0.863. The number of nitrogens with two attached hydrogens (primary N) is 2. The average Bonchev–Trinajstić information content (AvgIpc) is 1.69. The molecule has 0 aromatic heterocycles. The Labute approximate surface area is 689 Å². The topological polar surface area (TPSA) is 509 Å². The Bertz CT molecular complexity index is 2770. The predicted octanol–water partition coefficient (Wildman–Crippen LogP) is 6.21. The lowest BCUT2D eigenvalue weighted by molar-refractivity contribution is -0.161. The van der Waals surface area contributed by atoms with E-state index in [9.17, 15) is 72.7 Å². The van der Waals surface area contributed by atoms with Gasteiger partial charge in [0, 0.05) is 65.0 Å². The number of amides is 7. The number of hydrogen-bond donors (Lipinski definition) is 14. The Kier molecular flexibility index (Phi) is 62.5. The minimum absolute atomic E-state index is 0.00839. The van der Waals surface area contributed by atoms with Gasteiger partial charge in [-0.05, 0) is 90.5 Å². The Balaban J connectivity index is 1.62. The van der Waals surface area contributed by atoms with Gasteiger partial charge in [0.1, 0.15) is 49.7 Å². The maximum absolute atomic E-state index is 14.3. The van der Waals surface area contributed by atoms with Crippen molar-refractivity contribution in [2.75, 3.05) is 118 Å². The number of likely N-dealkylation sites (tertiary alicyclic amines) is 2. The highest BCUT2D eigenvalue weighted by Gasteiger charge is 2.45. The number of esters is 2. The van der Waals surface area contributed by atoms with Crippen molar-refractivity contribution >= 4 is 73.0 Å². The molecule has 9 atom stereocenters. The number of hydrogen-bond acceptors (Lipinski definition) is 24. The summed E-state index contributed by atoms with van der Waals surface area (Å²) < 4.78 is 55.9. The molecule has 0 saturated carbocycles. The molecular formula is C80H149N12O23P. The smallest absolute Gasteiger partial charge is 0.472 e. The maximum atomic E-state index is 14.3. The predicted molar refractivity (Wildman–Crippen MR) is 437 cm³/mol. The van der Waals surface area contributed by atoms with E-state index in [2.05, 4.69) is 51.1 Å². The van der Waals surface area contributed by atoms with Gasteiger partial charge in [-0.3, -0.25) is 62.9 Å². The normalized spacial score (nSPS) is 16.1. The third-order valence-corrected chi connectivity index (χ3v) is 20.9. The van der Waals surface area contributed by atoms with Crippen LogP contribution in [0.3, 0.4) is 0 Å². The number of aliphatic hydroxyl groups is 2. The molecule has 0 aromatic rings. The number of guanidine groups is 1. The van der Waals surface area contributed by atoms with Crippen LogP contribution in [-0.2, 0) is 90.0 Å². The van der Waals surface area contributed by atoms with Crippen LogP contribution in [0.5, 0.6) is 0 Å². The molecule has 2 heterocycles. The van der Waals surface area contributed by atoms with Crippen LogP contribution in [0.1, 0.15) is 278 Å². The number of ether oxygens (including phenoxy) is 6. The fourth-order valence-corrected chi connectivity index (χ4v) is 14.2. The van der Waals surface area contributed by atoms with Crippen LogP contribution in [-0.4, -0.2) is 262 Å². The molecule has 0 bridgehead atoms. The van der Waals surface area contributed by atoms with Gasteiger partial charge in [-0.25, -0.2) is 9.36 Å². The third-order valence-electron chi connectivity index (χ3n) is 20.0. The van der Waals surface area contributed by atoms with Gasteiger partial charge in [-0.1, -0.05) is 168 Å². The van der Waals surface area contributed by atoms with Crippen LogP contribution in [0, 0.1) is 5.41 Å². The molecule has 7 amide bonds. The first kappa shape index (κ1) is 106. The quantitative estimate of drug-likeness (QED) is 0.00803. The molecule has 672 valence electrons. The summed E-state index contributed by atoms with van der Waals surface area (Å²) in [4.78, 5) is 144. The number of carbonyl (C=O) groups excluding carboxylic acids is 9. The Morgan fingerprint density at radius 2 is 1.00 bits per heavy atom. The molecule has 2 rings (SSSR count). The fourth-order valence-electron chi connectivity index (χ4n) is 13.5. The van der Waals surface area contributed by atoms with Gasteiger partial charge in [0.25, 0.3) is 0 Å². The lowest BCUT2D eigenvalue weighted by atomic mass is 10.0.